The highest BCUT2D eigenvalue weighted by molar-refractivity contribution is 8.01. The van der Waals surface area contributed by atoms with Gasteiger partial charge in [-0.25, -0.2) is 0 Å². The Bertz CT molecular complexity index is 643. The zero-order valence-electron chi connectivity index (χ0n) is 24.6. The van der Waals surface area contributed by atoms with Crippen LogP contribution in [0.3, 0.4) is 0 Å². The van der Waals surface area contributed by atoms with Crippen LogP contribution in [0.1, 0.15) is 114 Å². The lowest BCUT2D eigenvalue weighted by molar-refractivity contribution is -0.00471. The van der Waals surface area contributed by atoms with E-state index in [9.17, 15) is 0 Å². The van der Waals surface area contributed by atoms with Crippen LogP contribution in [-0.2, 0) is 4.74 Å². The molecule has 0 aromatic carbocycles. The van der Waals surface area contributed by atoms with Gasteiger partial charge in [0.2, 0.25) is 0 Å². The molecule has 0 radical (unpaired) electrons. The van der Waals surface area contributed by atoms with Gasteiger partial charge in [0.25, 0.3) is 0 Å². The molecule has 8 unspecified atom stereocenters. The van der Waals surface area contributed by atoms with E-state index < -0.39 is 8.24 Å². The highest BCUT2D eigenvalue weighted by atomic mass is 32.2. The summed E-state index contributed by atoms with van der Waals surface area (Å²) >= 11 is 2.49. The van der Waals surface area contributed by atoms with Crippen molar-refractivity contribution in [3.63, 3.8) is 0 Å². The first kappa shape index (κ1) is 29.0. The molecule has 4 heteroatoms. The number of rotatable bonds is 10. The van der Waals surface area contributed by atoms with Crippen LogP contribution < -0.4 is 0 Å². The molecule has 0 aromatic heterocycles. The maximum atomic E-state index is 5.98. The van der Waals surface area contributed by atoms with E-state index in [0.29, 0.717) is 0 Å². The summed E-state index contributed by atoms with van der Waals surface area (Å²) in [6, 6.07) is 1.49. The molecule has 34 heavy (non-hydrogen) atoms. The first-order valence-corrected chi connectivity index (χ1v) is 18.6. The molecule has 1 aliphatic heterocycles. The molecule has 0 bridgehead atoms. The van der Waals surface area contributed by atoms with Crippen LogP contribution in [-0.4, -0.2) is 47.6 Å². The van der Waals surface area contributed by atoms with Gasteiger partial charge < -0.3 is 9.30 Å². The van der Waals surface area contributed by atoms with Crippen LogP contribution in [0.2, 0.25) is 18.1 Å². The summed E-state index contributed by atoms with van der Waals surface area (Å²) in [6.45, 7) is 26.7. The predicted octanol–water partition coefficient (Wildman–Crippen LogP) is 9.00. The molecule has 1 heterocycles. The van der Waals surface area contributed by atoms with Gasteiger partial charge in [-0.05, 0) is 103 Å². The summed E-state index contributed by atoms with van der Waals surface area (Å²) in [5, 5.41) is 1.92. The van der Waals surface area contributed by atoms with Crippen LogP contribution in [0.5, 0.6) is 0 Å². The van der Waals surface area contributed by atoms with E-state index in [1.807, 2.05) is 0 Å². The molecule has 3 rings (SSSR count). The van der Waals surface area contributed by atoms with Crippen molar-refractivity contribution in [1.82, 2.24) is 4.57 Å². The van der Waals surface area contributed by atoms with Crippen molar-refractivity contribution in [2.24, 2.45) is 23.7 Å². The summed E-state index contributed by atoms with van der Waals surface area (Å²) in [6.07, 6.45) is 11.3. The minimum atomic E-state index is -1.65. The average Bonchev–Trinajstić information content (AvgIpc) is 3.20. The molecule has 1 saturated heterocycles. The molecular formula is C30H59NOSSi. The monoisotopic (exact) mass is 509 g/mol. The van der Waals surface area contributed by atoms with E-state index in [2.05, 4.69) is 85.2 Å². The van der Waals surface area contributed by atoms with Crippen LogP contribution in [0.25, 0.3) is 0 Å². The largest absolute Gasteiger partial charge is 0.376 e. The maximum absolute atomic E-state index is 5.98. The number of nitrogens with zero attached hydrogens (tertiary/aromatic N) is 1. The van der Waals surface area contributed by atoms with Crippen molar-refractivity contribution < 1.29 is 4.74 Å². The van der Waals surface area contributed by atoms with Gasteiger partial charge in [0.05, 0.1) is 5.60 Å². The third kappa shape index (κ3) is 6.30. The smallest absolute Gasteiger partial charge is 0.130 e. The van der Waals surface area contributed by atoms with Gasteiger partial charge in [-0.15, -0.1) is 0 Å². The maximum Gasteiger partial charge on any atom is 0.130 e. The number of hydrogen-bond donors (Lipinski definition) is 0. The molecule has 8 atom stereocenters. The number of ether oxygens (including phenoxy) is 1. The van der Waals surface area contributed by atoms with Crippen molar-refractivity contribution in [3.8, 4) is 0 Å². The SMILES string of the molecule is CCN(C(C)(C)C)[Si](C)(CCCCCCOC(C)(C)C)C1C(C)C(C)C2C3CCCCC3SC21. The molecule has 0 amide bonds. The molecule has 200 valence electrons. The van der Waals surface area contributed by atoms with Gasteiger partial charge >= 0.3 is 0 Å². The summed E-state index contributed by atoms with van der Waals surface area (Å²) in [5.41, 5.74) is 1.22. The Kier molecular flexibility index (Phi) is 9.81. The van der Waals surface area contributed by atoms with Gasteiger partial charge in [0.15, 0.2) is 0 Å². The number of unbranched alkanes of at least 4 members (excludes halogenated alkanes) is 3. The van der Waals surface area contributed by atoms with E-state index >= 15 is 0 Å². The minimum Gasteiger partial charge on any atom is -0.376 e. The zero-order valence-corrected chi connectivity index (χ0v) is 26.4. The molecule has 2 aliphatic carbocycles. The predicted molar refractivity (Wildman–Crippen MR) is 155 cm³/mol. The molecule has 3 fully saturated rings. The van der Waals surface area contributed by atoms with Crippen molar-refractivity contribution in [2.45, 2.75) is 153 Å². The van der Waals surface area contributed by atoms with Gasteiger partial charge in [-0.1, -0.05) is 59.4 Å². The minimum absolute atomic E-state index is 0.00178. The molecule has 0 spiro atoms. The Morgan fingerprint density at radius 3 is 2.18 bits per heavy atom. The lowest BCUT2D eigenvalue weighted by atomic mass is 9.75. The fraction of sp³-hybridized carbons (Fsp3) is 1.00. The van der Waals surface area contributed by atoms with Gasteiger partial charge in [-0.2, -0.15) is 11.8 Å². The van der Waals surface area contributed by atoms with Crippen molar-refractivity contribution in [2.75, 3.05) is 13.2 Å². The molecule has 0 aromatic rings. The first-order chi connectivity index (χ1) is 15.8. The van der Waals surface area contributed by atoms with Gasteiger partial charge in [0, 0.05) is 22.6 Å². The highest BCUT2D eigenvalue weighted by Gasteiger charge is 2.62. The lowest BCUT2D eigenvalue weighted by Crippen LogP contribution is -2.63. The average molecular weight is 510 g/mol. The summed E-state index contributed by atoms with van der Waals surface area (Å²) in [4.78, 5) is 0. The van der Waals surface area contributed by atoms with Crippen molar-refractivity contribution >= 4 is 20.0 Å². The topological polar surface area (TPSA) is 12.5 Å². The second kappa shape index (κ2) is 11.5. The van der Waals surface area contributed by atoms with E-state index in [-0.39, 0.29) is 11.1 Å². The number of thioether (sulfide) groups is 1. The summed E-state index contributed by atoms with van der Waals surface area (Å²) < 4.78 is 9.03. The highest BCUT2D eigenvalue weighted by Crippen LogP contribution is 2.66. The third-order valence-corrected chi connectivity index (χ3v) is 17.9. The van der Waals surface area contributed by atoms with E-state index in [1.54, 1.807) is 0 Å². The Morgan fingerprint density at radius 1 is 0.912 bits per heavy atom. The number of fused-ring (bicyclic) bond motifs is 3. The molecule has 0 N–H and O–H groups in total. The van der Waals surface area contributed by atoms with E-state index in [0.717, 1.165) is 46.3 Å². The van der Waals surface area contributed by atoms with Crippen LogP contribution in [0.4, 0.5) is 0 Å². The number of hydrogen-bond acceptors (Lipinski definition) is 3. The van der Waals surface area contributed by atoms with E-state index in [1.165, 1.54) is 64.0 Å². The third-order valence-electron chi connectivity index (χ3n) is 9.89. The fourth-order valence-electron chi connectivity index (χ4n) is 8.58. The zero-order chi connectivity index (χ0) is 25.3. The lowest BCUT2D eigenvalue weighted by Gasteiger charge is -2.53. The van der Waals surface area contributed by atoms with Crippen molar-refractivity contribution in [1.29, 1.82) is 0 Å². The standard InChI is InChI=1S/C30H59NOSSi/c1-11-31(29(4,5)6)34(10,21-17-13-12-16-20-32-30(7,8)9)28-23(3)22(2)26-24-18-14-15-19-25(24)33-27(26)28/h22-28H,11-21H2,1-10H3. The quantitative estimate of drug-likeness (QED) is 0.215. The fourth-order valence-corrected chi connectivity index (χ4v) is 18.5. The molecular weight excluding hydrogens is 450 g/mol. The molecule has 2 nitrogen and oxygen atoms in total. The van der Waals surface area contributed by atoms with Crippen LogP contribution in [0, 0.1) is 23.7 Å². The van der Waals surface area contributed by atoms with Gasteiger partial charge in [-0.3, -0.25) is 0 Å². The normalized spacial score (nSPS) is 35.9. The molecule has 3 aliphatic rings. The Labute approximate surface area is 219 Å². The summed E-state index contributed by atoms with van der Waals surface area (Å²) in [7, 11) is -1.65. The van der Waals surface area contributed by atoms with Crippen LogP contribution >= 0.6 is 11.8 Å². The van der Waals surface area contributed by atoms with Crippen molar-refractivity contribution in [3.05, 3.63) is 0 Å². The molecule has 2 saturated carbocycles. The Balaban J connectivity index is 1.75. The van der Waals surface area contributed by atoms with E-state index in [4.69, 9.17) is 4.74 Å². The Morgan fingerprint density at radius 2 is 1.56 bits per heavy atom. The Hall–Kier alpha value is 0.487. The second-order valence-electron chi connectivity index (χ2n) is 14.3. The first-order valence-electron chi connectivity index (χ1n) is 14.9. The van der Waals surface area contributed by atoms with Gasteiger partial charge in [0.1, 0.15) is 8.24 Å². The second-order valence-corrected chi connectivity index (χ2v) is 20.1. The van der Waals surface area contributed by atoms with Crippen LogP contribution in [0.15, 0.2) is 0 Å². The summed E-state index contributed by atoms with van der Waals surface area (Å²) in [5.74, 6) is 3.82.